The van der Waals surface area contributed by atoms with Gasteiger partial charge in [-0.2, -0.15) is 0 Å². The van der Waals surface area contributed by atoms with Gasteiger partial charge >= 0.3 is 0 Å². The predicted molar refractivity (Wildman–Crippen MR) is 97.2 cm³/mol. The fraction of sp³-hybridized carbons (Fsp3) is 0.421. The summed E-state index contributed by atoms with van der Waals surface area (Å²) in [5.74, 6) is -0.0350. The maximum Gasteiger partial charge on any atom is 0.221 e. The lowest BCUT2D eigenvalue weighted by atomic mass is 9.94. The zero-order valence-electron chi connectivity index (χ0n) is 13.5. The van der Waals surface area contributed by atoms with Crippen molar-refractivity contribution in [1.29, 1.82) is 0 Å². The van der Waals surface area contributed by atoms with Crippen molar-refractivity contribution < 1.29 is 4.79 Å². The van der Waals surface area contributed by atoms with Gasteiger partial charge < -0.3 is 10.6 Å². The van der Waals surface area contributed by atoms with Crippen LogP contribution in [-0.2, 0) is 11.2 Å². The standard InChI is InChI=1S/C19H23N2OS/c1-14(22)20-18-10-5-11-19(21-15-7-3-2-4-8-15)17(18)13-16-9-6-12-23-16/h5-6,9-10,12,15,21H,2-4,7-8,13H2,1H3,(H,20,22). The van der Waals surface area contributed by atoms with Crippen molar-refractivity contribution in [3.63, 3.8) is 0 Å². The minimum absolute atomic E-state index is 0.0350. The molecule has 3 rings (SSSR count). The summed E-state index contributed by atoms with van der Waals surface area (Å²) in [7, 11) is 0. The van der Waals surface area contributed by atoms with Crippen LogP contribution in [0.25, 0.3) is 0 Å². The van der Waals surface area contributed by atoms with E-state index in [1.54, 1.807) is 18.3 Å². The van der Waals surface area contributed by atoms with Crippen molar-refractivity contribution in [2.75, 3.05) is 10.6 Å². The summed E-state index contributed by atoms with van der Waals surface area (Å²) in [5.41, 5.74) is 3.07. The van der Waals surface area contributed by atoms with Gasteiger partial charge in [-0.3, -0.25) is 4.79 Å². The van der Waals surface area contributed by atoms with Crippen LogP contribution < -0.4 is 10.6 Å². The SMILES string of the molecule is CC(=O)Nc1cc[c]c(NC2CCCCC2)c1Cc1cccs1. The highest BCUT2D eigenvalue weighted by Gasteiger charge is 2.17. The number of hydrogen-bond donors (Lipinski definition) is 2. The molecule has 4 heteroatoms. The van der Waals surface area contributed by atoms with Crippen molar-refractivity contribution in [2.24, 2.45) is 0 Å². The van der Waals surface area contributed by atoms with Crippen molar-refractivity contribution in [2.45, 2.75) is 51.5 Å². The quantitative estimate of drug-likeness (QED) is 0.825. The highest BCUT2D eigenvalue weighted by Crippen LogP contribution is 2.31. The van der Waals surface area contributed by atoms with Crippen molar-refractivity contribution >= 4 is 28.6 Å². The highest BCUT2D eigenvalue weighted by atomic mass is 32.1. The third kappa shape index (κ3) is 4.35. The maximum atomic E-state index is 11.5. The molecule has 1 aliphatic carbocycles. The molecule has 3 nitrogen and oxygen atoms in total. The van der Waals surface area contributed by atoms with Gasteiger partial charge in [-0.1, -0.05) is 31.4 Å². The third-order valence-electron chi connectivity index (χ3n) is 4.30. The number of anilines is 2. The zero-order valence-corrected chi connectivity index (χ0v) is 14.3. The summed E-state index contributed by atoms with van der Waals surface area (Å²) in [4.78, 5) is 12.8. The van der Waals surface area contributed by atoms with Crippen LogP contribution in [0.15, 0.2) is 29.6 Å². The van der Waals surface area contributed by atoms with Gasteiger partial charge in [0.2, 0.25) is 5.91 Å². The van der Waals surface area contributed by atoms with E-state index in [1.807, 2.05) is 12.1 Å². The van der Waals surface area contributed by atoms with Crippen molar-refractivity contribution in [1.82, 2.24) is 0 Å². The average molecular weight is 327 g/mol. The Kier molecular flexibility index (Phi) is 5.34. The minimum atomic E-state index is -0.0350. The summed E-state index contributed by atoms with van der Waals surface area (Å²) in [6.07, 6.45) is 7.19. The van der Waals surface area contributed by atoms with E-state index < -0.39 is 0 Å². The molecule has 1 aliphatic rings. The lowest BCUT2D eigenvalue weighted by Crippen LogP contribution is -2.23. The fourth-order valence-corrected chi connectivity index (χ4v) is 3.91. The molecule has 0 atom stereocenters. The molecule has 1 aromatic carbocycles. The van der Waals surface area contributed by atoms with Gasteiger partial charge in [0.15, 0.2) is 0 Å². The van der Waals surface area contributed by atoms with Gasteiger partial charge in [-0.05, 0) is 30.4 Å². The Labute approximate surface area is 142 Å². The molecule has 1 saturated carbocycles. The first kappa shape index (κ1) is 16.1. The molecule has 121 valence electrons. The van der Waals surface area contributed by atoms with Gasteiger partial charge in [-0.15, -0.1) is 11.3 Å². The topological polar surface area (TPSA) is 41.1 Å². The second-order valence-corrected chi connectivity index (χ2v) is 7.19. The molecule has 1 fully saturated rings. The average Bonchev–Trinajstić information content (AvgIpc) is 3.04. The minimum Gasteiger partial charge on any atom is -0.382 e. The molecular weight excluding hydrogens is 304 g/mol. The summed E-state index contributed by atoms with van der Waals surface area (Å²) < 4.78 is 0. The molecule has 1 amide bonds. The van der Waals surface area contributed by atoms with Crippen LogP contribution in [0.2, 0.25) is 0 Å². The summed E-state index contributed by atoms with van der Waals surface area (Å²) in [6, 6.07) is 11.9. The van der Waals surface area contributed by atoms with E-state index in [2.05, 4.69) is 34.2 Å². The predicted octanol–water partition coefficient (Wildman–Crippen LogP) is 4.84. The van der Waals surface area contributed by atoms with Crippen LogP contribution in [0.4, 0.5) is 11.4 Å². The molecule has 0 spiro atoms. The number of hydrogen-bond acceptors (Lipinski definition) is 3. The van der Waals surface area contributed by atoms with Gasteiger partial charge in [-0.25, -0.2) is 0 Å². The number of rotatable bonds is 5. The van der Waals surface area contributed by atoms with E-state index in [9.17, 15) is 4.79 Å². The van der Waals surface area contributed by atoms with E-state index in [0.717, 1.165) is 23.4 Å². The normalized spacial score (nSPS) is 15.3. The molecule has 2 aromatic rings. The molecule has 0 saturated heterocycles. The van der Waals surface area contributed by atoms with Gasteiger partial charge in [0.25, 0.3) is 0 Å². The van der Waals surface area contributed by atoms with Crippen LogP contribution in [0.5, 0.6) is 0 Å². The molecule has 1 aromatic heterocycles. The Hall–Kier alpha value is -1.81. The third-order valence-corrected chi connectivity index (χ3v) is 5.18. The number of benzene rings is 1. The summed E-state index contributed by atoms with van der Waals surface area (Å²) in [5, 5.41) is 8.73. The Balaban J connectivity index is 1.87. The van der Waals surface area contributed by atoms with E-state index in [4.69, 9.17) is 0 Å². The molecular formula is C19H23N2OS. The van der Waals surface area contributed by atoms with Crippen LogP contribution in [-0.4, -0.2) is 11.9 Å². The molecule has 0 aliphatic heterocycles. The van der Waals surface area contributed by atoms with E-state index in [-0.39, 0.29) is 5.91 Å². The molecule has 0 bridgehead atoms. The smallest absolute Gasteiger partial charge is 0.221 e. The number of carbonyl (C=O) groups is 1. The van der Waals surface area contributed by atoms with Gasteiger partial charge in [0.1, 0.15) is 0 Å². The van der Waals surface area contributed by atoms with Crippen molar-refractivity contribution in [3.8, 4) is 0 Å². The van der Waals surface area contributed by atoms with E-state index in [0.29, 0.717) is 6.04 Å². The Bertz CT molecular complexity index is 645. The number of thiophene rings is 1. The fourth-order valence-electron chi connectivity index (χ4n) is 3.19. The van der Waals surface area contributed by atoms with Crippen LogP contribution in [0, 0.1) is 6.07 Å². The molecule has 2 N–H and O–H groups in total. The van der Waals surface area contributed by atoms with Crippen LogP contribution >= 0.6 is 11.3 Å². The highest BCUT2D eigenvalue weighted by molar-refractivity contribution is 7.09. The van der Waals surface area contributed by atoms with E-state index >= 15 is 0 Å². The Morgan fingerprint density at radius 3 is 2.83 bits per heavy atom. The van der Waals surface area contributed by atoms with Crippen LogP contribution in [0.1, 0.15) is 49.5 Å². The summed E-state index contributed by atoms with van der Waals surface area (Å²) in [6.45, 7) is 1.56. The lowest BCUT2D eigenvalue weighted by molar-refractivity contribution is -0.114. The molecule has 1 radical (unpaired) electrons. The maximum absolute atomic E-state index is 11.5. The van der Waals surface area contributed by atoms with Crippen molar-refractivity contribution in [3.05, 3.63) is 46.2 Å². The Morgan fingerprint density at radius 2 is 2.13 bits per heavy atom. The van der Waals surface area contributed by atoms with Gasteiger partial charge in [0.05, 0.1) is 0 Å². The molecule has 23 heavy (non-hydrogen) atoms. The van der Waals surface area contributed by atoms with Gasteiger partial charge in [0, 0.05) is 47.3 Å². The van der Waals surface area contributed by atoms with Crippen LogP contribution in [0.3, 0.4) is 0 Å². The second-order valence-electron chi connectivity index (χ2n) is 6.16. The first-order valence-corrected chi connectivity index (χ1v) is 9.20. The Morgan fingerprint density at radius 1 is 1.30 bits per heavy atom. The zero-order chi connectivity index (χ0) is 16.1. The molecule has 1 heterocycles. The largest absolute Gasteiger partial charge is 0.382 e. The summed E-state index contributed by atoms with van der Waals surface area (Å²) >= 11 is 1.75. The number of amides is 1. The number of carbonyl (C=O) groups excluding carboxylic acids is 1. The first-order chi connectivity index (χ1) is 11.2. The first-order valence-electron chi connectivity index (χ1n) is 8.32. The monoisotopic (exact) mass is 327 g/mol. The second kappa shape index (κ2) is 7.64. The van der Waals surface area contributed by atoms with E-state index in [1.165, 1.54) is 37.0 Å². The molecule has 0 unspecified atom stereocenters. The lowest BCUT2D eigenvalue weighted by Gasteiger charge is -2.26. The number of nitrogens with one attached hydrogen (secondary N) is 2.